The van der Waals surface area contributed by atoms with Crippen LogP contribution in [-0.4, -0.2) is 44.3 Å². The van der Waals surface area contributed by atoms with Crippen molar-refractivity contribution in [2.75, 3.05) is 36.5 Å². The van der Waals surface area contributed by atoms with Gasteiger partial charge in [-0.2, -0.15) is 0 Å². The molecule has 0 spiro atoms. The Hall–Kier alpha value is -3.84. The number of carbonyl (C=O) groups is 2. The minimum absolute atomic E-state index is 0.0398. The van der Waals surface area contributed by atoms with E-state index >= 15 is 0 Å². The summed E-state index contributed by atoms with van der Waals surface area (Å²) in [5.41, 5.74) is 12.1. The number of unbranched alkanes of at least 4 members (excludes halogenated alkanes) is 1. The molecule has 1 aliphatic rings. The van der Waals surface area contributed by atoms with Crippen molar-refractivity contribution in [1.29, 1.82) is 0 Å². The smallest absolute Gasteiger partial charge is 0.407 e. The lowest BCUT2D eigenvalue weighted by Gasteiger charge is -2.22. The van der Waals surface area contributed by atoms with Crippen LogP contribution in [0.4, 0.5) is 16.2 Å². The van der Waals surface area contributed by atoms with Crippen LogP contribution in [0.15, 0.2) is 72.8 Å². The van der Waals surface area contributed by atoms with Crippen LogP contribution < -0.4 is 21.3 Å². The zero-order valence-corrected chi connectivity index (χ0v) is 22.3. The first-order chi connectivity index (χ1) is 18.5. The number of ether oxygens (including phenoxy) is 1. The van der Waals surface area contributed by atoms with Crippen LogP contribution >= 0.6 is 0 Å². The lowest BCUT2D eigenvalue weighted by Crippen LogP contribution is -2.44. The van der Waals surface area contributed by atoms with Gasteiger partial charge in [0.15, 0.2) is 0 Å². The van der Waals surface area contributed by atoms with E-state index in [-0.39, 0.29) is 18.4 Å². The highest BCUT2D eigenvalue weighted by molar-refractivity contribution is 5.96. The molecule has 38 heavy (non-hydrogen) atoms. The zero-order chi connectivity index (χ0) is 26.9. The Bertz CT molecular complexity index is 1180. The number of carbonyl (C=O) groups excluding carboxylic acids is 2. The van der Waals surface area contributed by atoms with E-state index in [4.69, 9.17) is 10.5 Å². The number of benzene rings is 3. The molecule has 7 heteroatoms. The fourth-order valence-corrected chi connectivity index (χ4v) is 5.12. The first-order valence-corrected chi connectivity index (χ1v) is 13.5. The van der Waals surface area contributed by atoms with Crippen LogP contribution in [0.5, 0.6) is 0 Å². The van der Waals surface area contributed by atoms with E-state index in [9.17, 15) is 9.59 Å². The molecule has 4 N–H and O–H groups in total. The summed E-state index contributed by atoms with van der Waals surface area (Å²) in [4.78, 5) is 28.2. The molecule has 0 saturated carbocycles. The van der Waals surface area contributed by atoms with Crippen molar-refractivity contribution in [1.82, 2.24) is 5.32 Å². The number of alkyl carbamates (subject to hydrolysis) is 1. The zero-order valence-electron chi connectivity index (χ0n) is 22.3. The van der Waals surface area contributed by atoms with Crippen molar-refractivity contribution in [3.8, 4) is 11.1 Å². The van der Waals surface area contributed by atoms with Gasteiger partial charge in [-0.05, 0) is 86.2 Å². The van der Waals surface area contributed by atoms with Crippen molar-refractivity contribution in [3.05, 3.63) is 83.9 Å². The summed E-state index contributed by atoms with van der Waals surface area (Å²) in [5, 5.41) is 5.73. The van der Waals surface area contributed by atoms with E-state index in [2.05, 4.69) is 53.6 Å². The summed E-state index contributed by atoms with van der Waals surface area (Å²) in [6.07, 6.45) is 1.37. The van der Waals surface area contributed by atoms with Crippen molar-refractivity contribution in [2.45, 2.75) is 45.1 Å². The van der Waals surface area contributed by atoms with Gasteiger partial charge < -0.3 is 26.0 Å². The first-order valence-electron chi connectivity index (χ1n) is 13.5. The average molecular weight is 515 g/mol. The quantitative estimate of drug-likeness (QED) is 0.277. The van der Waals surface area contributed by atoms with E-state index < -0.39 is 12.1 Å². The summed E-state index contributed by atoms with van der Waals surface area (Å²) in [6, 6.07) is 23.4. The molecule has 3 aromatic rings. The van der Waals surface area contributed by atoms with E-state index in [1.807, 2.05) is 48.5 Å². The predicted molar refractivity (Wildman–Crippen MR) is 154 cm³/mol. The molecule has 1 atom stereocenters. The van der Waals surface area contributed by atoms with Gasteiger partial charge in [-0.3, -0.25) is 4.79 Å². The highest BCUT2D eigenvalue weighted by Gasteiger charge is 2.29. The van der Waals surface area contributed by atoms with Gasteiger partial charge >= 0.3 is 6.09 Å². The minimum Gasteiger partial charge on any atom is -0.449 e. The van der Waals surface area contributed by atoms with Crippen molar-refractivity contribution >= 4 is 23.4 Å². The standard InChI is InChI=1S/C31H38N4O3/c1-3-35(4-2)23-18-16-22(17-19-23)33-30(36)29(15-9-10-20-32)34-31(37)38-21-28-26-13-7-5-11-24(26)25-12-6-8-14-27(25)28/h5-8,11-14,16-19,28-29H,3-4,9-10,15,20-21,32H2,1-2H3,(H,33,36)(H,34,37)/t29-/m0/s1. The maximum absolute atomic E-state index is 13.1. The van der Waals surface area contributed by atoms with Gasteiger partial charge in [-0.25, -0.2) is 4.79 Å². The average Bonchev–Trinajstić information content (AvgIpc) is 3.26. The third-order valence-corrected chi connectivity index (χ3v) is 7.16. The molecular formula is C31H38N4O3. The van der Waals surface area contributed by atoms with Crippen LogP contribution in [0, 0.1) is 0 Å². The molecule has 4 rings (SSSR count). The first kappa shape index (κ1) is 27.2. The number of nitrogens with two attached hydrogens (primary N) is 1. The van der Waals surface area contributed by atoms with Gasteiger partial charge in [0.1, 0.15) is 12.6 Å². The molecule has 1 aliphatic carbocycles. The maximum Gasteiger partial charge on any atom is 0.407 e. The molecule has 0 saturated heterocycles. The maximum atomic E-state index is 13.1. The molecule has 0 bridgehead atoms. The van der Waals surface area contributed by atoms with Crippen LogP contribution in [0.25, 0.3) is 11.1 Å². The highest BCUT2D eigenvalue weighted by Crippen LogP contribution is 2.44. The molecular weight excluding hydrogens is 476 g/mol. The second kappa shape index (κ2) is 13.1. The van der Waals surface area contributed by atoms with Gasteiger partial charge in [-0.15, -0.1) is 0 Å². The fourth-order valence-electron chi connectivity index (χ4n) is 5.12. The molecule has 0 aliphatic heterocycles. The van der Waals surface area contributed by atoms with E-state index in [0.29, 0.717) is 18.7 Å². The summed E-state index contributed by atoms with van der Waals surface area (Å²) >= 11 is 0. The Morgan fingerprint density at radius 3 is 2.08 bits per heavy atom. The van der Waals surface area contributed by atoms with Crippen LogP contribution in [0.1, 0.15) is 50.2 Å². The number of anilines is 2. The molecule has 0 unspecified atom stereocenters. The predicted octanol–water partition coefficient (Wildman–Crippen LogP) is 5.51. The van der Waals surface area contributed by atoms with Crippen LogP contribution in [-0.2, 0) is 9.53 Å². The Kier molecular flexibility index (Phi) is 9.38. The molecule has 3 aromatic carbocycles. The number of nitrogens with zero attached hydrogens (tertiary/aromatic N) is 1. The molecule has 0 heterocycles. The summed E-state index contributed by atoms with van der Waals surface area (Å²) in [5.74, 6) is -0.312. The number of nitrogens with one attached hydrogen (secondary N) is 2. The van der Waals surface area contributed by atoms with Gasteiger partial charge in [0, 0.05) is 30.4 Å². The van der Waals surface area contributed by atoms with Crippen molar-refractivity contribution in [2.24, 2.45) is 5.73 Å². The van der Waals surface area contributed by atoms with Gasteiger partial charge in [0.05, 0.1) is 0 Å². The van der Waals surface area contributed by atoms with Gasteiger partial charge in [-0.1, -0.05) is 48.5 Å². The fraction of sp³-hybridized carbons (Fsp3) is 0.355. The number of hydrogen-bond donors (Lipinski definition) is 3. The van der Waals surface area contributed by atoms with Gasteiger partial charge in [0.2, 0.25) is 5.91 Å². The molecule has 0 radical (unpaired) electrons. The number of fused-ring (bicyclic) bond motifs is 3. The van der Waals surface area contributed by atoms with Crippen molar-refractivity contribution < 1.29 is 14.3 Å². The lowest BCUT2D eigenvalue weighted by atomic mass is 9.98. The molecule has 2 amide bonds. The minimum atomic E-state index is -0.723. The summed E-state index contributed by atoms with van der Waals surface area (Å²) < 4.78 is 5.68. The van der Waals surface area contributed by atoms with Crippen molar-refractivity contribution in [3.63, 3.8) is 0 Å². The summed E-state index contributed by atoms with van der Waals surface area (Å²) in [7, 11) is 0. The van der Waals surface area contributed by atoms with E-state index in [1.54, 1.807) is 0 Å². The number of rotatable bonds is 12. The second-order valence-corrected chi connectivity index (χ2v) is 9.52. The normalized spacial score (nSPS) is 12.8. The second-order valence-electron chi connectivity index (χ2n) is 9.52. The Balaban J connectivity index is 1.39. The SMILES string of the molecule is CCN(CC)c1ccc(NC(=O)[C@H](CCCCN)NC(=O)OCC2c3ccccc3-c3ccccc32)cc1. The van der Waals surface area contributed by atoms with Crippen LogP contribution in [0.2, 0.25) is 0 Å². The molecule has 200 valence electrons. The Labute approximate surface area is 225 Å². The summed E-state index contributed by atoms with van der Waals surface area (Å²) in [6.45, 7) is 6.78. The third-order valence-electron chi connectivity index (χ3n) is 7.16. The lowest BCUT2D eigenvalue weighted by molar-refractivity contribution is -0.118. The van der Waals surface area contributed by atoms with E-state index in [1.165, 1.54) is 11.1 Å². The highest BCUT2D eigenvalue weighted by atomic mass is 16.5. The number of amides is 2. The third kappa shape index (κ3) is 6.34. The largest absolute Gasteiger partial charge is 0.449 e. The topological polar surface area (TPSA) is 96.7 Å². The molecule has 0 fully saturated rings. The molecule has 7 nitrogen and oxygen atoms in total. The van der Waals surface area contributed by atoms with E-state index in [0.717, 1.165) is 42.7 Å². The monoisotopic (exact) mass is 514 g/mol. The Morgan fingerprint density at radius 1 is 0.895 bits per heavy atom. The molecule has 0 aromatic heterocycles. The van der Waals surface area contributed by atoms with Gasteiger partial charge in [0.25, 0.3) is 0 Å². The number of hydrogen-bond acceptors (Lipinski definition) is 5. The Morgan fingerprint density at radius 2 is 1.50 bits per heavy atom. The van der Waals surface area contributed by atoms with Crippen LogP contribution in [0.3, 0.4) is 0 Å².